The van der Waals surface area contributed by atoms with E-state index in [1.807, 2.05) is 25.1 Å². The minimum Gasteiger partial charge on any atom is -0.463 e. The molecule has 34 heavy (non-hydrogen) atoms. The van der Waals surface area contributed by atoms with E-state index in [2.05, 4.69) is 15.3 Å². The molecule has 172 valence electrons. The maximum Gasteiger partial charge on any atom is 0.283 e. The molecule has 0 spiro atoms. The van der Waals surface area contributed by atoms with Gasteiger partial charge in [0.15, 0.2) is 17.2 Å². The minimum atomic E-state index is -0.270. The lowest BCUT2D eigenvalue weighted by atomic mass is 10.2. The highest BCUT2D eigenvalue weighted by molar-refractivity contribution is 6.30. The molecule has 1 amide bonds. The van der Waals surface area contributed by atoms with E-state index in [0.717, 1.165) is 6.42 Å². The number of amides is 1. The van der Waals surface area contributed by atoms with Crippen molar-refractivity contribution in [1.29, 1.82) is 0 Å². The first kappa shape index (κ1) is 21.7. The van der Waals surface area contributed by atoms with Crippen LogP contribution in [0.15, 0.2) is 80.4 Å². The molecule has 5 rings (SSSR count). The van der Waals surface area contributed by atoms with Crippen LogP contribution in [0.4, 0.5) is 0 Å². The summed E-state index contributed by atoms with van der Waals surface area (Å²) in [5.74, 6) is 1.33. The summed E-state index contributed by atoms with van der Waals surface area (Å²) in [6.07, 6.45) is 3.84. The highest BCUT2D eigenvalue weighted by atomic mass is 35.5. The summed E-state index contributed by atoms with van der Waals surface area (Å²) in [6.45, 7) is 2.61. The quantitative estimate of drug-likeness (QED) is 0.291. The van der Waals surface area contributed by atoms with Crippen LogP contribution in [0.1, 0.15) is 29.7 Å². The second-order valence-electron chi connectivity index (χ2n) is 7.49. The highest BCUT2D eigenvalue weighted by Crippen LogP contribution is 2.27. The molecule has 0 N–H and O–H groups in total. The molecule has 0 fully saturated rings. The second kappa shape index (κ2) is 9.40. The summed E-state index contributed by atoms with van der Waals surface area (Å²) >= 11 is 6.19. The summed E-state index contributed by atoms with van der Waals surface area (Å²) in [4.78, 5) is 15.1. The fraction of sp³-hybridized carbons (Fsp3) is 0.167. The topological polar surface area (TPSA) is 103 Å². The molecule has 10 heteroatoms. The number of carbonyl (C=O) groups is 1. The van der Waals surface area contributed by atoms with Gasteiger partial charge in [-0.2, -0.15) is 5.10 Å². The van der Waals surface area contributed by atoms with E-state index in [4.69, 9.17) is 24.9 Å². The van der Waals surface area contributed by atoms with Crippen LogP contribution < -0.4 is 0 Å². The van der Waals surface area contributed by atoms with Crippen LogP contribution in [0.3, 0.4) is 0 Å². The van der Waals surface area contributed by atoms with Crippen LogP contribution in [-0.4, -0.2) is 37.3 Å². The Morgan fingerprint density at radius 2 is 1.82 bits per heavy atom. The molecule has 0 unspecified atom stereocenters. The zero-order valence-electron chi connectivity index (χ0n) is 18.2. The van der Waals surface area contributed by atoms with Gasteiger partial charge in [0.25, 0.3) is 11.8 Å². The first-order valence-corrected chi connectivity index (χ1v) is 11.1. The van der Waals surface area contributed by atoms with E-state index in [-0.39, 0.29) is 24.0 Å². The summed E-state index contributed by atoms with van der Waals surface area (Å²) in [5, 5.41) is 13.2. The molecule has 4 heterocycles. The van der Waals surface area contributed by atoms with E-state index < -0.39 is 0 Å². The molecule has 4 aromatic heterocycles. The van der Waals surface area contributed by atoms with Crippen LogP contribution in [-0.2, 0) is 6.54 Å². The van der Waals surface area contributed by atoms with Crippen LogP contribution >= 0.6 is 11.6 Å². The number of hydrogen-bond acceptors (Lipinski definition) is 7. The van der Waals surface area contributed by atoms with Crippen molar-refractivity contribution in [2.75, 3.05) is 6.54 Å². The Hall–Kier alpha value is -4.11. The van der Waals surface area contributed by atoms with Gasteiger partial charge in [-0.05, 0) is 48.9 Å². The molecule has 0 saturated carbocycles. The maximum atomic E-state index is 13.5. The third-order valence-electron chi connectivity index (χ3n) is 5.06. The van der Waals surface area contributed by atoms with Crippen molar-refractivity contribution in [3.05, 3.63) is 83.7 Å². The van der Waals surface area contributed by atoms with Crippen molar-refractivity contribution in [2.24, 2.45) is 0 Å². The van der Waals surface area contributed by atoms with E-state index in [1.54, 1.807) is 52.2 Å². The Kier molecular flexibility index (Phi) is 6.01. The lowest BCUT2D eigenvalue weighted by molar-refractivity contribution is 0.0722. The Balaban J connectivity index is 1.46. The summed E-state index contributed by atoms with van der Waals surface area (Å²) in [7, 11) is 0. The smallest absolute Gasteiger partial charge is 0.283 e. The molecule has 0 aliphatic heterocycles. The van der Waals surface area contributed by atoms with E-state index in [9.17, 15) is 4.79 Å². The SMILES string of the molecule is CCCN(Cc1nnc(-c2ccco2)o1)C(=O)c1cc(-c2ccco2)n(-c2cccc(Cl)c2)n1. The number of benzene rings is 1. The lowest BCUT2D eigenvalue weighted by Crippen LogP contribution is -2.31. The lowest BCUT2D eigenvalue weighted by Gasteiger charge is -2.18. The van der Waals surface area contributed by atoms with Gasteiger partial charge in [-0.25, -0.2) is 4.68 Å². The molecule has 0 aliphatic carbocycles. The minimum absolute atomic E-state index is 0.139. The number of hydrogen-bond donors (Lipinski definition) is 0. The molecular formula is C24H20ClN5O4. The van der Waals surface area contributed by atoms with Gasteiger partial charge in [0.1, 0.15) is 5.69 Å². The highest BCUT2D eigenvalue weighted by Gasteiger charge is 2.24. The molecular weight excluding hydrogens is 458 g/mol. The predicted molar refractivity (Wildman–Crippen MR) is 123 cm³/mol. The monoisotopic (exact) mass is 477 g/mol. The normalized spacial score (nSPS) is 11.1. The van der Waals surface area contributed by atoms with Crippen LogP contribution in [0.25, 0.3) is 28.8 Å². The van der Waals surface area contributed by atoms with Crippen molar-refractivity contribution in [1.82, 2.24) is 24.9 Å². The van der Waals surface area contributed by atoms with Crippen molar-refractivity contribution in [3.8, 4) is 28.8 Å². The molecule has 0 atom stereocenters. The third-order valence-corrected chi connectivity index (χ3v) is 5.30. The van der Waals surface area contributed by atoms with Gasteiger partial charge in [0.2, 0.25) is 5.89 Å². The van der Waals surface area contributed by atoms with Gasteiger partial charge in [-0.1, -0.05) is 24.6 Å². The molecule has 0 bridgehead atoms. The van der Waals surface area contributed by atoms with E-state index in [0.29, 0.717) is 40.4 Å². The molecule has 0 radical (unpaired) electrons. The Labute approximate surface area is 199 Å². The van der Waals surface area contributed by atoms with Crippen LogP contribution in [0.2, 0.25) is 5.02 Å². The fourth-order valence-corrected chi connectivity index (χ4v) is 3.74. The van der Waals surface area contributed by atoms with Gasteiger partial charge in [-0.3, -0.25) is 4.79 Å². The third kappa shape index (κ3) is 4.38. The van der Waals surface area contributed by atoms with Crippen molar-refractivity contribution in [3.63, 3.8) is 0 Å². The average molecular weight is 478 g/mol. The van der Waals surface area contributed by atoms with Crippen molar-refractivity contribution in [2.45, 2.75) is 19.9 Å². The van der Waals surface area contributed by atoms with Crippen molar-refractivity contribution < 1.29 is 18.0 Å². The number of aromatic nitrogens is 4. The maximum absolute atomic E-state index is 13.5. The number of halogens is 1. The summed E-state index contributed by atoms with van der Waals surface area (Å²) in [5.41, 5.74) is 1.59. The van der Waals surface area contributed by atoms with Crippen LogP contribution in [0.5, 0.6) is 0 Å². The molecule has 0 saturated heterocycles. The fourth-order valence-electron chi connectivity index (χ4n) is 3.56. The number of rotatable bonds is 8. The Morgan fingerprint density at radius 3 is 2.53 bits per heavy atom. The molecule has 0 aliphatic rings. The van der Waals surface area contributed by atoms with Gasteiger partial charge in [0.05, 0.1) is 24.8 Å². The number of carbonyl (C=O) groups excluding carboxylic acids is 1. The van der Waals surface area contributed by atoms with Gasteiger partial charge in [0, 0.05) is 17.6 Å². The zero-order valence-corrected chi connectivity index (χ0v) is 19.0. The first-order chi connectivity index (χ1) is 16.6. The van der Waals surface area contributed by atoms with E-state index in [1.165, 1.54) is 6.26 Å². The Morgan fingerprint density at radius 1 is 1.03 bits per heavy atom. The second-order valence-corrected chi connectivity index (χ2v) is 7.93. The number of furan rings is 2. The summed E-state index contributed by atoms with van der Waals surface area (Å²) < 4.78 is 18.2. The first-order valence-electron chi connectivity index (χ1n) is 10.7. The van der Waals surface area contributed by atoms with Crippen molar-refractivity contribution >= 4 is 17.5 Å². The Bertz CT molecular complexity index is 1390. The largest absolute Gasteiger partial charge is 0.463 e. The molecule has 5 aromatic rings. The molecule has 1 aromatic carbocycles. The predicted octanol–water partition coefficient (Wildman–Crippen LogP) is 5.48. The number of nitrogens with zero attached hydrogens (tertiary/aromatic N) is 5. The molecule has 9 nitrogen and oxygen atoms in total. The summed E-state index contributed by atoms with van der Waals surface area (Å²) in [6, 6.07) is 16.0. The van der Waals surface area contributed by atoms with Crippen LogP contribution in [0, 0.1) is 0 Å². The van der Waals surface area contributed by atoms with Gasteiger partial charge >= 0.3 is 0 Å². The standard InChI is InChI=1S/C24H20ClN5O4/c1-2-10-29(15-22-26-27-23(34-22)21-9-5-12-33-21)24(31)18-14-19(20-8-4-11-32-20)30(28-18)17-7-3-6-16(25)13-17/h3-9,11-14H,2,10,15H2,1H3. The van der Waals surface area contributed by atoms with E-state index >= 15 is 0 Å². The van der Waals surface area contributed by atoms with Gasteiger partial charge in [-0.15, -0.1) is 10.2 Å². The van der Waals surface area contributed by atoms with Gasteiger partial charge < -0.3 is 18.2 Å². The zero-order chi connectivity index (χ0) is 23.5. The average Bonchev–Trinajstić information content (AvgIpc) is 3.64.